The van der Waals surface area contributed by atoms with Crippen molar-refractivity contribution >= 4 is 54.0 Å². The molecule has 2 aromatic heterocycles. The maximum absolute atomic E-state index is 13.1. The van der Waals surface area contributed by atoms with Gasteiger partial charge in [-0.15, -0.1) is 0 Å². The molecule has 4 aromatic rings. The van der Waals surface area contributed by atoms with E-state index in [9.17, 15) is 17.6 Å². The third kappa shape index (κ3) is 4.95. The van der Waals surface area contributed by atoms with Gasteiger partial charge in [0.2, 0.25) is 5.91 Å². The van der Waals surface area contributed by atoms with Crippen molar-refractivity contribution < 1.29 is 22.0 Å². The second-order valence-corrected chi connectivity index (χ2v) is 10.2. The summed E-state index contributed by atoms with van der Waals surface area (Å²) < 4.78 is 44.4. The second-order valence-electron chi connectivity index (χ2n) is 6.69. The number of fused-ring (bicyclic) bond motifs is 1. The molecule has 0 radical (unpaired) electrons. The molecule has 0 atom stereocenters. The van der Waals surface area contributed by atoms with Crippen molar-refractivity contribution in [2.75, 3.05) is 10.7 Å². The molecule has 0 N–H and O–H groups in total. The van der Waals surface area contributed by atoms with Crippen LogP contribution in [0.3, 0.4) is 0 Å². The number of nitrogens with zero attached hydrogens (tertiary/aromatic N) is 2. The summed E-state index contributed by atoms with van der Waals surface area (Å²) in [6.07, 6.45) is 1.23. The number of aromatic nitrogens is 1. The number of anilines is 1. The average molecular weight is 479 g/mol. The number of rotatable bonds is 7. The predicted octanol–water partition coefficient (Wildman–Crippen LogP) is 5.08. The monoisotopic (exact) mass is 478 g/mol. The van der Waals surface area contributed by atoms with Gasteiger partial charge in [0.05, 0.1) is 33.7 Å². The number of amides is 1. The Morgan fingerprint density at radius 1 is 1.16 bits per heavy atom. The molecular formula is C21H16ClFN2O4S2. The maximum Gasteiger partial charge on any atom is 0.230 e. The third-order valence-corrected chi connectivity index (χ3v) is 7.53. The molecule has 31 heavy (non-hydrogen) atoms. The van der Waals surface area contributed by atoms with Crippen LogP contribution in [0, 0.1) is 5.82 Å². The van der Waals surface area contributed by atoms with Gasteiger partial charge in [-0.25, -0.2) is 17.8 Å². The normalized spacial score (nSPS) is 11.7. The van der Waals surface area contributed by atoms with Crippen molar-refractivity contribution in [3.8, 4) is 0 Å². The van der Waals surface area contributed by atoms with E-state index >= 15 is 0 Å². The molecule has 0 saturated carbocycles. The van der Waals surface area contributed by atoms with E-state index in [2.05, 4.69) is 4.98 Å². The number of furan rings is 1. The molecule has 0 aliphatic heterocycles. The first kappa shape index (κ1) is 21.5. The Kier molecular flexibility index (Phi) is 6.08. The number of benzene rings is 2. The van der Waals surface area contributed by atoms with Crippen LogP contribution in [0.1, 0.15) is 12.2 Å². The molecule has 0 fully saturated rings. The summed E-state index contributed by atoms with van der Waals surface area (Å²) in [5.41, 5.74) is 0.681. The van der Waals surface area contributed by atoms with Crippen molar-refractivity contribution in [2.45, 2.75) is 17.9 Å². The van der Waals surface area contributed by atoms with E-state index in [-0.39, 0.29) is 17.9 Å². The van der Waals surface area contributed by atoms with Gasteiger partial charge < -0.3 is 4.42 Å². The first-order valence-corrected chi connectivity index (χ1v) is 12.0. The summed E-state index contributed by atoms with van der Waals surface area (Å²) >= 11 is 7.32. The largest absolute Gasteiger partial charge is 0.467 e. The van der Waals surface area contributed by atoms with Gasteiger partial charge in [-0.1, -0.05) is 22.9 Å². The molecule has 0 aliphatic carbocycles. The average Bonchev–Trinajstić information content (AvgIpc) is 3.39. The third-order valence-electron chi connectivity index (χ3n) is 4.52. The summed E-state index contributed by atoms with van der Waals surface area (Å²) in [6, 6.07) is 13.2. The first-order valence-electron chi connectivity index (χ1n) is 9.19. The zero-order valence-electron chi connectivity index (χ0n) is 16.0. The van der Waals surface area contributed by atoms with E-state index in [1.54, 1.807) is 30.3 Å². The van der Waals surface area contributed by atoms with E-state index in [4.69, 9.17) is 16.0 Å². The van der Waals surface area contributed by atoms with Crippen LogP contribution in [0.15, 0.2) is 70.2 Å². The van der Waals surface area contributed by atoms with Gasteiger partial charge >= 0.3 is 0 Å². The molecule has 2 heterocycles. The van der Waals surface area contributed by atoms with Crippen LogP contribution in [0.5, 0.6) is 0 Å². The topological polar surface area (TPSA) is 80.5 Å². The van der Waals surface area contributed by atoms with E-state index in [0.717, 1.165) is 16.8 Å². The Bertz CT molecular complexity index is 1320. The van der Waals surface area contributed by atoms with Gasteiger partial charge in [0.15, 0.2) is 15.0 Å². The zero-order valence-corrected chi connectivity index (χ0v) is 18.4. The van der Waals surface area contributed by atoms with Gasteiger partial charge in [-0.05, 0) is 54.6 Å². The molecule has 0 bridgehead atoms. The Morgan fingerprint density at radius 2 is 1.94 bits per heavy atom. The van der Waals surface area contributed by atoms with Gasteiger partial charge in [-0.3, -0.25) is 9.69 Å². The zero-order chi connectivity index (χ0) is 22.0. The Hall–Kier alpha value is -2.75. The second kappa shape index (κ2) is 8.78. The lowest BCUT2D eigenvalue weighted by atomic mass is 10.3. The Balaban J connectivity index is 1.58. The highest BCUT2D eigenvalue weighted by Gasteiger charge is 2.24. The van der Waals surface area contributed by atoms with Crippen LogP contribution in [-0.2, 0) is 21.2 Å². The fraction of sp³-hybridized carbons (Fsp3) is 0.143. The molecule has 6 nitrogen and oxygen atoms in total. The number of thiazole rings is 1. The maximum atomic E-state index is 13.1. The van der Waals surface area contributed by atoms with E-state index < -0.39 is 27.3 Å². The quantitative estimate of drug-likeness (QED) is 0.346. The summed E-state index contributed by atoms with van der Waals surface area (Å²) in [7, 11) is -3.75. The van der Waals surface area contributed by atoms with Crippen LogP contribution >= 0.6 is 22.9 Å². The van der Waals surface area contributed by atoms with E-state index in [1.165, 1.54) is 34.6 Å². The van der Waals surface area contributed by atoms with Gasteiger partial charge in [0.25, 0.3) is 0 Å². The number of carbonyl (C=O) groups excluding carboxylic acids is 1. The smallest absolute Gasteiger partial charge is 0.230 e. The highest BCUT2D eigenvalue weighted by Crippen LogP contribution is 2.32. The van der Waals surface area contributed by atoms with Crippen LogP contribution in [-0.4, -0.2) is 25.1 Å². The molecule has 4 rings (SSSR count). The van der Waals surface area contributed by atoms with Gasteiger partial charge in [-0.2, -0.15) is 0 Å². The Morgan fingerprint density at radius 3 is 2.65 bits per heavy atom. The van der Waals surface area contributed by atoms with Crippen molar-refractivity contribution in [2.24, 2.45) is 0 Å². The highest BCUT2D eigenvalue weighted by atomic mass is 35.5. The summed E-state index contributed by atoms with van der Waals surface area (Å²) in [5.74, 6) is -0.835. The molecule has 2 aromatic carbocycles. The van der Waals surface area contributed by atoms with E-state index in [0.29, 0.717) is 21.4 Å². The summed E-state index contributed by atoms with van der Waals surface area (Å²) in [5, 5.41) is 0.967. The fourth-order valence-corrected chi connectivity index (χ4v) is 5.43. The highest BCUT2D eigenvalue weighted by molar-refractivity contribution is 7.91. The molecule has 1 amide bonds. The number of carbonyl (C=O) groups is 1. The number of sulfone groups is 1. The van der Waals surface area contributed by atoms with Crippen LogP contribution in [0.25, 0.3) is 10.2 Å². The minimum atomic E-state index is -3.75. The molecular weight excluding hydrogens is 463 g/mol. The first-order chi connectivity index (χ1) is 14.8. The molecule has 0 aliphatic rings. The van der Waals surface area contributed by atoms with Crippen molar-refractivity contribution in [3.63, 3.8) is 0 Å². The molecule has 10 heteroatoms. The molecule has 0 saturated heterocycles. The lowest BCUT2D eigenvalue weighted by molar-refractivity contribution is -0.118. The number of hydrogen-bond donors (Lipinski definition) is 0. The van der Waals surface area contributed by atoms with Gasteiger partial charge in [0.1, 0.15) is 11.6 Å². The molecule has 0 spiro atoms. The minimum Gasteiger partial charge on any atom is -0.467 e. The molecule has 160 valence electrons. The standard InChI is InChI=1S/C21H16ClFN2O4S2/c22-14-3-8-18-19(12-14)30-21(24-18)25(13-16-2-1-10-29-16)20(26)9-11-31(27,28)17-6-4-15(23)5-7-17/h1-8,10,12H,9,11,13H2. The summed E-state index contributed by atoms with van der Waals surface area (Å²) in [6.45, 7) is 0.107. The predicted molar refractivity (Wildman–Crippen MR) is 118 cm³/mol. The van der Waals surface area contributed by atoms with Crippen molar-refractivity contribution in [1.82, 2.24) is 4.98 Å². The van der Waals surface area contributed by atoms with Crippen LogP contribution < -0.4 is 4.90 Å². The minimum absolute atomic E-state index is 0.0334. The van der Waals surface area contributed by atoms with Crippen LogP contribution in [0.4, 0.5) is 9.52 Å². The number of halogens is 2. The summed E-state index contributed by atoms with van der Waals surface area (Å²) in [4.78, 5) is 18.9. The van der Waals surface area contributed by atoms with Crippen molar-refractivity contribution in [3.05, 3.63) is 77.5 Å². The molecule has 0 unspecified atom stereocenters. The lowest BCUT2D eigenvalue weighted by Crippen LogP contribution is -2.31. The number of hydrogen-bond acceptors (Lipinski definition) is 6. The van der Waals surface area contributed by atoms with Crippen LogP contribution in [0.2, 0.25) is 5.02 Å². The Labute approximate surface area is 186 Å². The lowest BCUT2D eigenvalue weighted by Gasteiger charge is -2.18. The SMILES string of the molecule is O=C(CCS(=O)(=O)c1ccc(F)cc1)N(Cc1ccco1)c1nc2ccc(Cl)cc2s1. The van der Waals surface area contributed by atoms with E-state index in [1.807, 2.05) is 0 Å². The van der Waals surface area contributed by atoms with Crippen molar-refractivity contribution in [1.29, 1.82) is 0 Å². The fourth-order valence-electron chi connectivity index (χ4n) is 2.94. The van der Waals surface area contributed by atoms with Gasteiger partial charge in [0, 0.05) is 11.4 Å².